The number of hydrogen-bond donors (Lipinski definition) is 1. The van der Waals surface area contributed by atoms with Crippen molar-refractivity contribution in [2.75, 3.05) is 46.4 Å². The first kappa shape index (κ1) is 26.9. The van der Waals surface area contributed by atoms with Crippen LogP contribution in [0.5, 0.6) is 5.75 Å². The van der Waals surface area contributed by atoms with Crippen LogP contribution in [0.4, 0.5) is 14.9 Å². The summed E-state index contributed by atoms with van der Waals surface area (Å²) >= 11 is 0. The van der Waals surface area contributed by atoms with Gasteiger partial charge in [0.15, 0.2) is 0 Å². The van der Waals surface area contributed by atoms with Crippen molar-refractivity contribution in [2.24, 2.45) is 0 Å². The molecule has 0 saturated heterocycles. The molecule has 7 nitrogen and oxygen atoms in total. The molecule has 1 N–H and O–H groups in total. The first-order valence-corrected chi connectivity index (χ1v) is 12.0. The first-order valence-electron chi connectivity index (χ1n) is 12.0. The maximum atomic E-state index is 14.5. The number of ether oxygens (including phenoxy) is 3. The van der Waals surface area contributed by atoms with E-state index in [2.05, 4.69) is 0 Å². The summed E-state index contributed by atoms with van der Waals surface area (Å²) in [6.07, 6.45) is 3.98. The molecular formula is C27H37FN2O5. The number of carbonyl (C=O) groups excluding carboxylic acids is 1. The largest absolute Gasteiger partial charge is 0.489 e. The van der Waals surface area contributed by atoms with E-state index in [0.717, 1.165) is 42.5 Å². The van der Waals surface area contributed by atoms with Crippen LogP contribution in [0, 0.1) is 5.82 Å². The van der Waals surface area contributed by atoms with E-state index in [1.165, 1.54) is 12.1 Å². The van der Waals surface area contributed by atoms with E-state index in [4.69, 9.17) is 19.3 Å². The van der Waals surface area contributed by atoms with Gasteiger partial charge in [-0.15, -0.1) is 0 Å². The number of methoxy groups -OCH3 is 2. The highest BCUT2D eigenvalue weighted by molar-refractivity contribution is 5.91. The topological polar surface area (TPSA) is 71.5 Å². The normalized spacial score (nSPS) is 19.9. The Morgan fingerprint density at radius 1 is 1.11 bits per heavy atom. The maximum absolute atomic E-state index is 14.5. The average molecular weight is 489 g/mol. The predicted molar refractivity (Wildman–Crippen MR) is 133 cm³/mol. The van der Waals surface area contributed by atoms with Crippen LogP contribution < -0.4 is 9.64 Å². The van der Waals surface area contributed by atoms with Gasteiger partial charge in [0.05, 0.1) is 11.7 Å². The van der Waals surface area contributed by atoms with Gasteiger partial charge in [-0.05, 0) is 67.5 Å². The average Bonchev–Trinajstić information content (AvgIpc) is 2.89. The molecular weight excluding hydrogens is 451 g/mol. The van der Waals surface area contributed by atoms with Crippen molar-refractivity contribution in [1.82, 2.24) is 4.90 Å². The molecule has 0 aromatic heterocycles. The molecule has 1 aliphatic rings. The summed E-state index contributed by atoms with van der Waals surface area (Å²) in [7, 11) is 6.81. The van der Waals surface area contributed by atoms with Crippen molar-refractivity contribution in [3.63, 3.8) is 0 Å². The van der Waals surface area contributed by atoms with E-state index in [-0.39, 0.29) is 31.2 Å². The van der Waals surface area contributed by atoms with Gasteiger partial charge in [0.25, 0.3) is 0 Å². The van der Waals surface area contributed by atoms with Gasteiger partial charge in [0.1, 0.15) is 18.2 Å². The van der Waals surface area contributed by atoms with E-state index in [1.807, 2.05) is 30.3 Å². The highest BCUT2D eigenvalue weighted by Gasteiger charge is 2.37. The lowest BCUT2D eigenvalue weighted by molar-refractivity contribution is -0.0764. The zero-order valence-electron chi connectivity index (χ0n) is 21.1. The molecule has 0 unspecified atom stereocenters. The highest BCUT2D eigenvalue weighted by atomic mass is 19.1. The number of aliphatic hydroxyl groups excluding tert-OH is 1. The molecule has 0 radical (unpaired) electrons. The van der Waals surface area contributed by atoms with E-state index in [9.17, 15) is 9.18 Å². The van der Waals surface area contributed by atoms with Crippen LogP contribution >= 0.6 is 0 Å². The number of hydrogen-bond acceptors (Lipinski definition) is 5. The Bertz CT molecular complexity index is 961. The number of anilines is 1. The number of nitrogens with zero attached hydrogens (tertiary/aromatic N) is 2. The monoisotopic (exact) mass is 488 g/mol. The number of halogens is 1. The van der Waals surface area contributed by atoms with E-state index in [0.29, 0.717) is 18.7 Å². The molecule has 2 aromatic rings. The quantitative estimate of drug-likeness (QED) is 0.525. The summed E-state index contributed by atoms with van der Waals surface area (Å²) in [6, 6.07) is 12.1. The minimum absolute atomic E-state index is 0.0452. The second-order valence-corrected chi connectivity index (χ2v) is 9.10. The molecule has 0 heterocycles. The standard InChI is InChI=1S/C27H37FN2O5/c1-29(14-5-15-31)26(32)30(2)23-8-6-20(7-9-23)19-35-25-17-21(16-22(28)18-25)27(34-4)12-10-24(33-3)11-13-27/h6-9,16-18,24,31H,5,10-15,19H2,1-4H3/t24-,27+. The van der Waals surface area contributed by atoms with Crippen LogP contribution in [-0.4, -0.2) is 63.6 Å². The highest BCUT2D eigenvalue weighted by Crippen LogP contribution is 2.42. The third-order valence-corrected chi connectivity index (χ3v) is 6.86. The second kappa shape index (κ2) is 12.3. The van der Waals surface area contributed by atoms with Gasteiger partial charge < -0.3 is 24.2 Å². The van der Waals surface area contributed by atoms with Crippen molar-refractivity contribution in [2.45, 2.75) is 50.4 Å². The van der Waals surface area contributed by atoms with Crippen molar-refractivity contribution < 1.29 is 28.5 Å². The minimum atomic E-state index is -0.543. The fraction of sp³-hybridized carbons (Fsp3) is 0.519. The minimum Gasteiger partial charge on any atom is -0.489 e. The predicted octanol–water partition coefficient (Wildman–Crippen LogP) is 4.71. The third kappa shape index (κ3) is 6.72. The van der Waals surface area contributed by atoms with Crippen LogP contribution in [0.15, 0.2) is 42.5 Å². The van der Waals surface area contributed by atoms with Crippen LogP contribution in [0.2, 0.25) is 0 Å². The molecule has 2 amide bonds. The van der Waals surface area contributed by atoms with Crippen molar-refractivity contribution in [3.05, 3.63) is 59.4 Å². The van der Waals surface area contributed by atoms with Gasteiger partial charge in [0, 0.05) is 53.2 Å². The Labute approximate surface area is 207 Å². The molecule has 1 aliphatic carbocycles. The van der Waals surface area contributed by atoms with Crippen molar-refractivity contribution in [3.8, 4) is 5.75 Å². The fourth-order valence-corrected chi connectivity index (χ4v) is 4.57. The van der Waals surface area contributed by atoms with Crippen LogP contribution in [0.3, 0.4) is 0 Å². The van der Waals surface area contributed by atoms with Gasteiger partial charge in [-0.1, -0.05) is 12.1 Å². The Morgan fingerprint density at radius 3 is 2.40 bits per heavy atom. The molecule has 1 fully saturated rings. The van der Waals surface area contributed by atoms with Gasteiger partial charge in [-0.25, -0.2) is 9.18 Å². The Morgan fingerprint density at radius 2 is 1.80 bits per heavy atom. The summed E-state index contributed by atoms with van der Waals surface area (Å²) in [5.74, 6) is 0.0933. The Balaban J connectivity index is 1.65. The Kier molecular flexibility index (Phi) is 9.48. The molecule has 8 heteroatoms. The molecule has 0 spiro atoms. The van der Waals surface area contributed by atoms with Crippen LogP contribution in [-0.2, 0) is 21.7 Å². The van der Waals surface area contributed by atoms with Crippen molar-refractivity contribution in [1.29, 1.82) is 0 Å². The molecule has 1 saturated carbocycles. The van der Waals surface area contributed by atoms with E-state index < -0.39 is 5.60 Å². The number of amides is 2. The van der Waals surface area contributed by atoms with Gasteiger partial charge in [-0.3, -0.25) is 4.90 Å². The lowest BCUT2D eigenvalue weighted by atomic mass is 9.78. The number of rotatable bonds is 10. The lowest BCUT2D eigenvalue weighted by Crippen LogP contribution is -2.39. The van der Waals surface area contributed by atoms with E-state index in [1.54, 1.807) is 38.1 Å². The Hall–Kier alpha value is -2.68. The smallest absolute Gasteiger partial charge is 0.323 e. The van der Waals surface area contributed by atoms with E-state index >= 15 is 0 Å². The summed E-state index contributed by atoms with van der Waals surface area (Å²) in [4.78, 5) is 15.6. The summed E-state index contributed by atoms with van der Waals surface area (Å²) in [5, 5.41) is 8.96. The SMILES string of the molecule is CO[C@H]1CC[C@](OC)(c2cc(F)cc(OCc3ccc(N(C)C(=O)N(C)CCCO)cc3)c2)CC1. The van der Waals surface area contributed by atoms with Crippen molar-refractivity contribution >= 4 is 11.7 Å². The first-order chi connectivity index (χ1) is 16.8. The van der Waals surface area contributed by atoms with Gasteiger partial charge in [0.2, 0.25) is 0 Å². The third-order valence-electron chi connectivity index (χ3n) is 6.86. The van der Waals surface area contributed by atoms with Gasteiger partial charge in [-0.2, -0.15) is 0 Å². The second-order valence-electron chi connectivity index (χ2n) is 9.10. The molecule has 192 valence electrons. The lowest BCUT2D eigenvalue weighted by Gasteiger charge is -2.39. The molecule has 0 aliphatic heterocycles. The number of urea groups is 1. The molecule has 3 rings (SSSR count). The van der Waals surface area contributed by atoms with Crippen LogP contribution in [0.25, 0.3) is 0 Å². The molecule has 0 bridgehead atoms. The van der Waals surface area contributed by atoms with Gasteiger partial charge >= 0.3 is 6.03 Å². The zero-order valence-corrected chi connectivity index (χ0v) is 21.1. The zero-order chi connectivity index (χ0) is 25.4. The maximum Gasteiger partial charge on any atom is 0.323 e. The molecule has 0 atom stereocenters. The summed E-state index contributed by atoms with van der Waals surface area (Å²) in [5.41, 5.74) is 1.89. The van der Waals surface area contributed by atoms with Crippen LogP contribution in [0.1, 0.15) is 43.2 Å². The fourth-order valence-electron chi connectivity index (χ4n) is 4.57. The summed E-state index contributed by atoms with van der Waals surface area (Å²) < 4.78 is 31.8. The summed E-state index contributed by atoms with van der Waals surface area (Å²) in [6.45, 7) is 0.797. The molecule has 35 heavy (non-hydrogen) atoms. The number of benzene rings is 2. The number of aliphatic hydroxyl groups is 1. The number of carbonyl (C=O) groups is 1. The molecule has 2 aromatic carbocycles.